The van der Waals surface area contributed by atoms with Gasteiger partial charge in [0.2, 0.25) is 0 Å². The van der Waals surface area contributed by atoms with Crippen LogP contribution in [-0.2, 0) is 10.4 Å². The molecule has 3 rings (SSSR count). The summed E-state index contributed by atoms with van der Waals surface area (Å²) < 4.78 is 11.2. The number of carbonyl (C=O) groups excluding carboxylic acids is 1. The summed E-state index contributed by atoms with van der Waals surface area (Å²) in [5.74, 6) is 0.812. The Morgan fingerprint density at radius 1 is 1.32 bits per heavy atom. The fourth-order valence-corrected chi connectivity index (χ4v) is 2.92. The van der Waals surface area contributed by atoms with E-state index in [1.165, 1.54) is 6.26 Å². The summed E-state index contributed by atoms with van der Waals surface area (Å²) in [4.78, 5) is 12.6. The molecule has 1 amide bonds. The zero-order chi connectivity index (χ0) is 18.1. The fourth-order valence-electron chi connectivity index (χ4n) is 2.79. The molecule has 0 saturated heterocycles. The Hall–Kier alpha value is -1.98. The second-order valence-electron chi connectivity index (χ2n) is 6.92. The van der Waals surface area contributed by atoms with Crippen LogP contribution in [0.2, 0.25) is 5.02 Å². The topological polar surface area (TPSA) is 71.7 Å². The Morgan fingerprint density at radius 3 is 2.56 bits per heavy atom. The Bertz CT molecular complexity index is 722. The third-order valence-electron chi connectivity index (χ3n) is 4.45. The third kappa shape index (κ3) is 3.99. The van der Waals surface area contributed by atoms with Crippen LogP contribution in [0.25, 0.3) is 0 Å². The molecule has 1 aromatic heterocycles. The lowest BCUT2D eigenvalue weighted by Crippen LogP contribution is -2.51. The molecule has 0 aliphatic heterocycles. The molecule has 6 heteroatoms. The van der Waals surface area contributed by atoms with Gasteiger partial charge in [-0.3, -0.25) is 4.79 Å². The van der Waals surface area contributed by atoms with Crippen LogP contribution in [0.1, 0.15) is 32.4 Å². The molecule has 0 unspecified atom stereocenters. The average molecular weight is 364 g/mol. The smallest absolute Gasteiger partial charge is 0.263 e. The zero-order valence-electron chi connectivity index (χ0n) is 14.3. The number of hydrogen-bond acceptors (Lipinski definition) is 4. The Labute approximate surface area is 151 Å². The second kappa shape index (κ2) is 6.73. The highest BCUT2D eigenvalue weighted by Gasteiger charge is 2.48. The first kappa shape index (κ1) is 17.8. The van der Waals surface area contributed by atoms with Gasteiger partial charge in [0.25, 0.3) is 5.91 Å². The predicted molar refractivity (Wildman–Crippen MR) is 94.5 cm³/mol. The van der Waals surface area contributed by atoms with Gasteiger partial charge in [0.1, 0.15) is 17.1 Å². The third-order valence-corrected chi connectivity index (χ3v) is 4.70. The van der Waals surface area contributed by atoms with Gasteiger partial charge < -0.3 is 19.6 Å². The van der Waals surface area contributed by atoms with Crippen LogP contribution in [0, 0.1) is 5.92 Å². The first-order chi connectivity index (χ1) is 11.8. The fraction of sp³-hybridized carbons (Fsp3) is 0.421. The van der Waals surface area contributed by atoms with Gasteiger partial charge in [0, 0.05) is 5.02 Å². The van der Waals surface area contributed by atoms with E-state index in [0.717, 1.165) is 12.8 Å². The summed E-state index contributed by atoms with van der Waals surface area (Å²) in [6.45, 7) is 3.44. The van der Waals surface area contributed by atoms with E-state index in [1.54, 1.807) is 50.2 Å². The summed E-state index contributed by atoms with van der Waals surface area (Å²) in [5.41, 5.74) is -2.28. The molecule has 134 valence electrons. The van der Waals surface area contributed by atoms with Crippen LogP contribution in [0.4, 0.5) is 0 Å². The standard InChI is InChI=1S/C19H22ClNO4/c1-18(2,25-15-9-7-14(20)8-10-15)17(22)21-12-19(23,13-5-6-13)16-4-3-11-24-16/h3-4,7-11,13,23H,5-6,12H2,1-2H3,(H,21,22)/t19-/m1/s1. The Kier molecular flexibility index (Phi) is 4.80. The predicted octanol–water partition coefficient (Wildman–Crippen LogP) is 3.50. The van der Waals surface area contributed by atoms with E-state index >= 15 is 0 Å². The largest absolute Gasteiger partial charge is 0.478 e. The molecule has 1 aromatic carbocycles. The molecular weight excluding hydrogens is 342 g/mol. The highest BCUT2D eigenvalue weighted by Crippen LogP contribution is 2.45. The number of halogens is 1. The molecule has 0 radical (unpaired) electrons. The summed E-state index contributed by atoms with van der Waals surface area (Å²) in [7, 11) is 0. The Balaban J connectivity index is 1.65. The molecule has 5 nitrogen and oxygen atoms in total. The number of ether oxygens (including phenoxy) is 1. The van der Waals surface area contributed by atoms with Gasteiger partial charge >= 0.3 is 0 Å². The van der Waals surface area contributed by atoms with Gasteiger partial charge in [-0.05, 0) is 69.0 Å². The van der Waals surface area contributed by atoms with Crippen molar-refractivity contribution in [2.24, 2.45) is 5.92 Å². The normalized spacial score (nSPS) is 17.0. The van der Waals surface area contributed by atoms with E-state index in [0.29, 0.717) is 16.5 Å². The summed E-state index contributed by atoms with van der Waals surface area (Å²) in [5, 5.41) is 14.4. The van der Waals surface area contributed by atoms with Crippen molar-refractivity contribution in [1.29, 1.82) is 0 Å². The van der Waals surface area contributed by atoms with Gasteiger partial charge in [0.15, 0.2) is 5.60 Å². The number of carbonyl (C=O) groups is 1. The minimum Gasteiger partial charge on any atom is -0.478 e. The molecule has 2 N–H and O–H groups in total. The zero-order valence-corrected chi connectivity index (χ0v) is 15.0. The summed E-state index contributed by atoms with van der Waals surface area (Å²) >= 11 is 5.86. The van der Waals surface area contributed by atoms with Crippen molar-refractivity contribution >= 4 is 17.5 Å². The number of hydrogen-bond donors (Lipinski definition) is 2. The van der Waals surface area contributed by atoms with Crippen LogP contribution < -0.4 is 10.1 Å². The van der Waals surface area contributed by atoms with E-state index in [1.807, 2.05) is 0 Å². The molecule has 1 aliphatic carbocycles. The van der Waals surface area contributed by atoms with Crippen molar-refractivity contribution in [2.45, 2.75) is 37.9 Å². The second-order valence-corrected chi connectivity index (χ2v) is 7.36. The SMILES string of the molecule is CC(C)(Oc1ccc(Cl)cc1)C(=O)NC[C@](O)(c1ccco1)C1CC1. The van der Waals surface area contributed by atoms with E-state index in [-0.39, 0.29) is 18.4 Å². The highest BCUT2D eigenvalue weighted by molar-refractivity contribution is 6.30. The van der Waals surface area contributed by atoms with E-state index in [2.05, 4.69) is 5.32 Å². The Morgan fingerprint density at radius 2 is 2.00 bits per heavy atom. The number of furan rings is 1. The number of benzene rings is 1. The average Bonchev–Trinajstić information content (AvgIpc) is 3.29. The number of aliphatic hydroxyl groups is 1. The highest BCUT2D eigenvalue weighted by atomic mass is 35.5. The molecule has 1 fully saturated rings. The maximum atomic E-state index is 12.6. The number of amides is 1. The van der Waals surface area contributed by atoms with Crippen LogP contribution in [0.15, 0.2) is 47.1 Å². The number of rotatable bonds is 7. The van der Waals surface area contributed by atoms with E-state index < -0.39 is 11.2 Å². The lowest BCUT2D eigenvalue weighted by atomic mass is 9.94. The minimum atomic E-state index is -1.19. The van der Waals surface area contributed by atoms with Gasteiger partial charge in [0.05, 0.1) is 12.8 Å². The molecule has 1 saturated carbocycles. The van der Waals surface area contributed by atoms with Gasteiger partial charge in [-0.1, -0.05) is 11.6 Å². The lowest BCUT2D eigenvalue weighted by Gasteiger charge is -2.30. The van der Waals surface area contributed by atoms with Crippen LogP contribution >= 0.6 is 11.6 Å². The van der Waals surface area contributed by atoms with Crippen LogP contribution in [0.3, 0.4) is 0 Å². The first-order valence-electron chi connectivity index (χ1n) is 8.30. The maximum absolute atomic E-state index is 12.6. The van der Waals surface area contributed by atoms with Gasteiger partial charge in [-0.2, -0.15) is 0 Å². The number of nitrogens with one attached hydrogen (secondary N) is 1. The minimum absolute atomic E-state index is 0.0808. The molecule has 1 heterocycles. The molecule has 1 atom stereocenters. The first-order valence-corrected chi connectivity index (χ1v) is 8.68. The molecule has 25 heavy (non-hydrogen) atoms. The molecule has 2 aromatic rings. The van der Waals surface area contributed by atoms with Crippen molar-refractivity contribution < 1.29 is 19.1 Å². The van der Waals surface area contributed by atoms with E-state index in [4.69, 9.17) is 20.8 Å². The van der Waals surface area contributed by atoms with Gasteiger partial charge in [-0.25, -0.2) is 0 Å². The van der Waals surface area contributed by atoms with Crippen molar-refractivity contribution in [3.8, 4) is 5.75 Å². The van der Waals surface area contributed by atoms with Crippen molar-refractivity contribution in [2.75, 3.05) is 6.54 Å². The maximum Gasteiger partial charge on any atom is 0.263 e. The quantitative estimate of drug-likeness (QED) is 0.789. The van der Waals surface area contributed by atoms with Crippen LogP contribution in [0.5, 0.6) is 5.75 Å². The molecule has 0 spiro atoms. The summed E-state index contributed by atoms with van der Waals surface area (Å²) in [6, 6.07) is 10.3. The van der Waals surface area contributed by atoms with Gasteiger partial charge in [-0.15, -0.1) is 0 Å². The monoisotopic (exact) mass is 363 g/mol. The van der Waals surface area contributed by atoms with Crippen molar-refractivity contribution in [3.63, 3.8) is 0 Å². The molecule has 1 aliphatic rings. The van der Waals surface area contributed by atoms with Crippen molar-refractivity contribution in [1.82, 2.24) is 5.32 Å². The lowest BCUT2D eigenvalue weighted by molar-refractivity contribution is -0.136. The van der Waals surface area contributed by atoms with Crippen molar-refractivity contribution in [3.05, 3.63) is 53.4 Å². The molecular formula is C19H22ClNO4. The van der Waals surface area contributed by atoms with E-state index in [9.17, 15) is 9.90 Å². The summed E-state index contributed by atoms with van der Waals surface area (Å²) in [6.07, 6.45) is 3.35. The van der Waals surface area contributed by atoms with Crippen LogP contribution in [-0.4, -0.2) is 23.2 Å². The molecule has 0 bridgehead atoms.